The Balaban J connectivity index is 2.16. The van der Waals surface area contributed by atoms with Gasteiger partial charge in [-0.15, -0.1) is 0 Å². The number of aryl methyl sites for hydroxylation is 1. The lowest BCUT2D eigenvalue weighted by atomic mass is 10.2. The van der Waals surface area contributed by atoms with Crippen molar-refractivity contribution < 1.29 is 4.79 Å². The van der Waals surface area contributed by atoms with E-state index in [1.807, 2.05) is 6.92 Å². The number of carbonyl (C=O) groups is 1. The van der Waals surface area contributed by atoms with E-state index in [0.717, 1.165) is 18.5 Å². The van der Waals surface area contributed by atoms with Crippen molar-refractivity contribution in [1.82, 2.24) is 15.2 Å². The number of nitrogen functional groups attached to an aromatic ring is 1. The van der Waals surface area contributed by atoms with E-state index in [4.69, 9.17) is 17.3 Å². The maximum atomic E-state index is 12.0. The minimum Gasteiger partial charge on any atom is -0.395 e. The fourth-order valence-corrected chi connectivity index (χ4v) is 1.82. The van der Waals surface area contributed by atoms with Gasteiger partial charge < -0.3 is 11.1 Å². The summed E-state index contributed by atoms with van der Waals surface area (Å²) in [5.74, 6) is -0.0530. The third kappa shape index (κ3) is 3.03. The molecule has 2 rings (SSSR count). The molecule has 7 heteroatoms. The number of aromatic amines is 1. The van der Waals surface area contributed by atoms with Crippen LogP contribution in [0.3, 0.4) is 0 Å². The first-order valence-corrected chi connectivity index (χ1v) is 6.26. The molecule has 0 bridgehead atoms. The molecular weight excluding hydrogens is 266 g/mol. The molecule has 2 aromatic heterocycles. The predicted octanol–water partition coefficient (Wildman–Crippen LogP) is 2.25. The highest BCUT2D eigenvalue weighted by atomic mass is 35.5. The SMILES string of the molecule is CCCc1[nH]nc(C(=O)Nc2cccc(Cl)n2)c1N. The normalized spacial score (nSPS) is 10.4. The van der Waals surface area contributed by atoms with E-state index in [0.29, 0.717) is 16.7 Å². The van der Waals surface area contributed by atoms with Gasteiger partial charge in [0.15, 0.2) is 5.69 Å². The molecule has 4 N–H and O–H groups in total. The summed E-state index contributed by atoms with van der Waals surface area (Å²) >= 11 is 5.74. The number of halogens is 1. The summed E-state index contributed by atoms with van der Waals surface area (Å²) in [5.41, 5.74) is 7.19. The Morgan fingerprint density at radius 2 is 2.32 bits per heavy atom. The van der Waals surface area contributed by atoms with Crippen LogP contribution in [0.15, 0.2) is 18.2 Å². The van der Waals surface area contributed by atoms with E-state index < -0.39 is 5.91 Å². The molecule has 0 saturated heterocycles. The number of nitrogens with zero attached hydrogens (tertiary/aromatic N) is 2. The van der Waals surface area contributed by atoms with Crippen LogP contribution >= 0.6 is 11.6 Å². The number of H-pyrrole nitrogens is 1. The molecule has 0 aromatic carbocycles. The van der Waals surface area contributed by atoms with Gasteiger partial charge in [0, 0.05) is 0 Å². The summed E-state index contributed by atoms with van der Waals surface area (Å²) in [6.07, 6.45) is 1.67. The standard InChI is InChI=1S/C12H14ClN5O/c1-2-4-7-10(14)11(18-17-7)12(19)16-9-6-3-5-8(13)15-9/h3,5-6H,2,4,14H2,1H3,(H,17,18)(H,15,16,19). The molecule has 1 amide bonds. The fraction of sp³-hybridized carbons (Fsp3) is 0.250. The van der Waals surface area contributed by atoms with Crippen LogP contribution in [0.5, 0.6) is 0 Å². The lowest BCUT2D eigenvalue weighted by molar-refractivity contribution is 0.102. The zero-order valence-electron chi connectivity index (χ0n) is 10.4. The Morgan fingerprint density at radius 1 is 1.53 bits per heavy atom. The molecule has 0 saturated carbocycles. The highest BCUT2D eigenvalue weighted by molar-refractivity contribution is 6.29. The number of rotatable bonds is 4. The molecule has 0 fully saturated rings. The quantitative estimate of drug-likeness (QED) is 0.748. The Kier molecular flexibility index (Phi) is 4.01. The number of hydrogen-bond acceptors (Lipinski definition) is 4. The smallest absolute Gasteiger partial charge is 0.279 e. The molecule has 0 aliphatic rings. The lowest BCUT2D eigenvalue weighted by Gasteiger charge is -2.03. The number of hydrogen-bond donors (Lipinski definition) is 3. The maximum Gasteiger partial charge on any atom is 0.279 e. The van der Waals surface area contributed by atoms with Gasteiger partial charge in [-0.2, -0.15) is 5.10 Å². The van der Waals surface area contributed by atoms with Crippen molar-refractivity contribution in [1.29, 1.82) is 0 Å². The molecule has 0 radical (unpaired) electrons. The minimum absolute atomic E-state index is 0.172. The zero-order valence-corrected chi connectivity index (χ0v) is 11.2. The molecule has 0 atom stereocenters. The van der Waals surface area contributed by atoms with Gasteiger partial charge in [-0.1, -0.05) is 31.0 Å². The van der Waals surface area contributed by atoms with Crippen molar-refractivity contribution in [3.8, 4) is 0 Å². The van der Waals surface area contributed by atoms with Crippen LogP contribution in [-0.4, -0.2) is 21.1 Å². The van der Waals surface area contributed by atoms with Crippen molar-refractivity contribution in [3.05, 3.63) is 34.7 Å². The topological polar surface area (TPSA) is 96.7 Å². The van der Waals surface area contributed by atoms with Crippen LogP contribution in [0.4, 0.5) is 11.5 Å². The molecule has 6 nitrogen and oxygen atoms in total. The number of carbonyl (C=O) groups excluding carboxylic acids is 1. The van der Waals surface area contributed by atoms with Gasteiger partial charge in [-0.25, -0.2) is 4.98 Å². The fourth-order valence-electron chi connectivity index (χ4n) is 1.65. The maximum absolute atomic E-state index is 12.0. The van der Waals surface area contributed by atoms with Crippen molar-refractivity contribution in [2.24, 2.45) is 0 Å². The molecule has 100 valence electrons. The molecule has 0 aliphatic carbocycles. The number of amides is 1. The second-order valence-electron chi connectivity index (χ2n) is 4.01. The van der Waals surface area contributed by atoms with Crippen LogP contribution in [0, 0.1) is 0 Å². The second-order valence-corrected chi connectivity index (χ2v) is 4.40. The van der Waals surface area contributed by atoms with Gasteiger partial charge in [0.2, 0.25) is 0 Å². The lowest BCUT2D eigenvalue weighted by Crippen LogP contribution is -2.15. The van der Waals surface area contributed by atoms with E-state index >= 15 is 0 Å². The van der Waals surface area contributed by atoms with E-state index in [-0.39, 0.29) is 5.69 Å². The van der Waals surface area contributed by atoms with Crippen LogP contribution < -0.4 is 11.1 Å². The Morgan fingerprint density at radius 3 is 3.00 bits per heavy atom. The van der Waals surface area contributed by atoms with E-state index in [1.165, 1.54) is 0 Å². The summed E-state index contributed by atoms with van der Waals surface area (Å²) in [6.45, 7) is 2.02. The van der Waals surface area contributed by atoms with Crippen LogP contribution in [0.25, 0.3) is 0 Å². The first-order valence-electron chi connectivity index (χ1n) is 5.88. The summed E-state index contributed by atoms with van der Waals surface area (Å²) in [5, 5.41) is 9.60. The van der Waals surface area contributed by atoms with Gasteiger partial charge in [-0.05, 0) is 18.6 Å². The number of aromatic nitrogens is 3. The molecule has 2 aromatic rings. The first-order chi connectivity index (χ1) is 9.11. The van der Waals surface area contributed by atoms with E-state index in [2.05, 4.69) is 20.5 Å². The highest BCUT2D eigenvalue weighted by Crippen LogP contribution is 2.17. The average molecular weight is 280 g/mol. The van der Waals surface area contributed by atoms with Crippen LogP contribution in [0.1, 0.15) is 29.5 Å². The van der Waals surface area contributed by atoms with Crippen molar-refractivity contribution in [2.45, 2.75) is 19.8 Å². The Hall–Kier alpha value is -2.08. The molecule has 2 heterocycles. The summed E-state index contributed by atoms with van der Waals surface area (Å²) in [6, 6.07) is 4.96. The van der Waals surface area contributed by atoms with Crippen molar-refractivity contribution >= 4 is 29.0 Å². The number of anilines is 2. The van der Waals surface area contributed by atoms with Gasteiger partial charge in [-0.3, -0.25) is 9.89 Å². The molecule has 0 unspecified atom stereocenters. The van der Waals surface area contributed by atoms with Gasteiger partial charge >= 0.3 is 0 Å². The third-order valence-electron chi connectivity index (χ3n) is 2.55. The van der Waals surface area contributed by atoms with Crippen LogP contribution in [-0.2, 0) is 6.42 Å². The minimum atomic E-state index is -0.411. The monoisotopic (exact) mass is 279 g/mol. The van der Waals surface area contributed by atoms with Gasteiger partial charge in [0.05, 0.1) is 11.4 Å². The number of pyridine rings is 1. The molecule has 0 aliphatic heterocycles. The third-order valence-corrected chi connectivity index (χ3v) is 2.77. The zero-order chi connectivity index (χ0) is 13.8. The van der Waals surface area contributed by atoms with Crippen molar-refractivity contribution in [2.75, 3.05) is 11.1 Å². The second kappa shape index (κ2) is 5.71. The first kappa shape index (κ1) is 13.4. The Bertz CT molecular complexity index is 596. The summed E-state index contributed by atoms with van der Waals surface area (Å²) < 4.78 is 0. The molecule has 0 spiro atoms. The van der Waals surface area contributed by atoms with E-state index in [1.54, 1.807) is 18.2 Å². The number of nitrogens with two attached hydrogens (primary N) is 1. The van der Waals surface area contributed by atoms with Crippen LogP contribution in [0.2, 0.25) is 5.15 Å². The predicted molar refractivity (Wildman–Crippen MR) is 74.2 cm³/mol. The molecular formula is C12H14ClN5O. The van der Waals surface area contributed by atoms with Crippen molar-refractivity contribution in [3.63, 3.8) is 0 Å². The average Bonchev–Trinajstić information content (AvgIpc) is 2.72. The molecule has 19 heavy (non-hydrogen) atoms. The largest absolute Gasteiger partial charge is 0.395 e. The van der Waals surface area contributed by atoms with Gasteiger partial charge in [0.1, 0.15) is 11.0 Å². The summed E-state index contributed by atoms with van der Waals surface area (Å²) in [7, 11) is 0. The van der Waals surface area contributed by atoms with E-state index in [9.17, 15) is 4.79 Å². The Labute approximate surface area is 115 Å². The number of nitrogens with one attached hydrogen (secondary N) is 2. The summed E-state index contributed by atoms with van der Waals surface area (Å²) in [4.78, 5) is 16.0. The highest BCUT2D eigenvalue weighted by Gasteiger charge is 2.17. The van der Waals surface area contributed by atoms with Gasteiger partial charge in [0.25, 0.3) is 5.91 Å².